The van der Waals surface area contributed by atoms with E-state index in [1.54, 1.807) is 0 Å². The molecule has 1 unspecified atom stereocenters. The molecular weight excluding hydrogens is 142 g/mol. The van der Waals surface area contributed by atoms with Crippen molar-refractivity contribution >= 4 is 5.97 Å². The number of hydrogen-bond donors (Lipinski definition) is 2. The van der Waals surface area contributed by atoms with E-state index >= 15 is 0 Å². The summed E-state index contributed by atoms with van der Waals surface area (Å²) >= 11 is 0. The summed E-state index contributed by atoms with van der Waals surface area (Å²) in [6.45, 7) is 0. The molecule has 3 N–H and O–H groups in total. The van der Waals surface area contributed by atoms with Crippen molar-refractivity contribution in [1.82, 2.24) is 0 Å². The molecule has 0 aromatic heterocycles. The third-order valence-corrected chi connectivity index (χ3v) is 1.99. The molecule has 0 saturated carbocycles. The van der Waals surface area contributed by atoms with Gasteiger partial charge in [0.15, 0.2) is 0 Å². The third kappa shape index (κ3) is 2.05. The van der Waals surface area contributed by atoms with Gasteiger partial charge in [-0.1, -0.05) is 6.08 Å². The lowest BCUT2D eigenvalue weighted by molar-refractivity contribution is -0.137. The van der Waals surface area contributed by atoms with E-state index in [0.717, 1.165) is 31.3 Å². The van der Waals surface area contributed by atoms with Gasteiger partial charge in [-0.3, -0.25) is 4.79 Å². The largest absolute Gasteiger partial charge is 0.480 e. The van der Waals surface area contributed by atoms with Crippen LogP contribution in [0.1, 0.15) is 25.7 Å². The molecule has 0 radical (unpaired) electrons. The summed E-state index contributed by atoms with van der Waals surface area (Å²) in [5, 5.41) is 8.57. The highest BCUT2D eigenvalue weighted by Gasteiger charge is 2.17. The number of carboxylic acids is 1. The number of hydrogen-bond acceptors (Lipinski definition) is 2. The molecule has 0 fully saturated rings. The van der Waals surface area contributed by atoms with Crippen molar-refractivity contribution in [3.63, 3.8) is 0 Å². The van der Waals surface area contributed by atoms with Gasteiger partial charge in [0.2, 0.25) is 0 Å². The van der Waals surface area contributed by atoms with E-state index in [9.17, 15) is 4.79 Å². The predicted molar refractivity (Wildman–Crippen MR) is 42.2 cm³/mol. The molecule has 1 rings (SSSR count). The van der Waals surface area contributed by atoms with Crippen molar-refractivity contribution in [2.24, 2.45) is 5.73 Å². The summed E-state index contributed by atoms with van der Waals surface area (Å²) in [5.41, 5.74) is 6.32. The Morgan fingerprint density at radius 1 is 1.64 bits per heavy atom. The zero-order valence-electron chi connectivity index (χ0n) is 6.42. The molecule has 0 heterocycles. The number of nitrogens with two attached hydrogens (primary N) is 1. The third-order valence-electron chi connectivity index (χ3n) is 1.99. The van der Waals surface area contributed by atoms with Gasteiger partial charge in [-0.05, 0) is 31.3 Å². The Kier molecular flexibility index (Phi) is 2.65. The maximum atomic E-state index is 10.4. The smallest absolute Gasteiger partial charge is 0.324 e. The SMILES string of the molecule is NC(C(=O)O)C1=CCCCC1. The Morgan fingerprint density at radius 3 is 2.82 bits per heavy atom. The first-order valence-electron chi connectivity index (χ1n) is 3.89. The highest BCUT2D eigenvalue weighted by molar-refractivity contribution is 5.77. The van der Waals surface area contributed by atoms with Crippen LogP contribution in [-0.4, -0.2) is 17.1 Å². The van der Waals surface area contributed by atoms with Crippen LogP contribution in [0.25, 0.3) is 0 Å². The first kappa shape index (κ1) is 8.27. The molecule has 1 aliphatic carbocycles. The molecule has 1 atom stereocenters. The molecule has 0 bridgehead atoms. The molecule has 0 aromatic carbocycles. The standard InChI is InChI=1S/C8H13NO2/c9-7(8(10)11)6-4-2-1-3-5-6/h4,7H,1-3,5,9H2,(H,10,11). The van der Waals surface area contributed by atoms with Crippen LogP contribution in [0.2, 0.25) is 0 Å². The number of rotatable bonds is 2. The molecule has 3 nitrogen and oxygen atoms in total. The predicted octanol–water partition coefficient (Wildman–Crippen LogP) is 0.899. The van der Waals surface area contributed by atoms with Crippen LogP contribution in [0.5, 0.6) is 0 Å². The minimum absolute atomic E-state index is 0.768. The van der Waals surface area contributed by atoms with Gasteiger partial charge in [0.05, 0.1) is 0 Å². The van der Waals surface area contributed by atoms with Crippen LogP contribution >= 0.6 is 0 Å². The zero-order chi connectivity index (χ0) is 8.27. The Hall–Kier alpha value is -0.830. The maximum Gasteiger partial charge on any atom is 0.324 e. The fourth-order valence-electron chi connectivity index (χ4n) is 1.30. The van der Waals surface area contributed by atoms with Gasteiger partial charge in [-0.25, -0.2) is 0 Å². The average molecular weight is 155 g/mol. The minimum atomic E-state index is -0.918. The van der Waals surface area contributed by atoms with E-state index in [1.807, 2.05) is 6.08 Å². The number of aliphatic carboxylic acids is 1. The van der Waals surface area contributed by atoms with Crippen molar-refractivity contribution in [2.75, 3.05) is 0 Å². The molecule has 0 aliphatic heterocycles. The fraction of sp³-hybridized carbons (Fsp3) is 0.625. The molecule has 11 heavy (non-hydrogen) atoms. The van der Waals surface area contributed by atoms with Gasteiger partial charge in [-0.15, -0.1) is 0 Å². The lowest BCUT2D eigenvalue weighted by atomic mass is 9.94. The summed E-state index contributed by atoms with van der Waals surface area (Å²) in [7, 11) is 0. The van der Waals surface area contributed by atoms with E-state index in [-0.39, 0.29) is 0 Å². The van der Waals surface area contributed by atoms with Gasteiger partial charge in [-0.2, -0.15) is 0 Å². The summed E-state index contributed by atoms with van der Waals surface area (Å²) in [5.74, 6) is -0.918. The van der Waals surface area contributed by atoms with E-state index < -0.39 is 12.0 Å². The van der Waals surface area contributed by atoms with Crippen molar-refractivity contribution < 1.29 is 9.90 Å². The summed E-state index contributed by atoms with van der Waals surface area (Å²) in [4.78, 5) is 10.4. The monoisotopic (exact) mass is 155 g/mol. The lowest BCUT2D eigenvalue weighted by Crippen LogP contribution is -2.32. The Bertz CT molecular complexity index is 187. The highest BCUT2D eigenvalue weighted by Crippen LogP contribution is 2.19. The zero-order valence-corrected chi connectivity index (χ0v) is 6.42. The Balaban J connectivity index is 2.58. The quantitative estimate of drug-likeness (QED) is 0.582. The molecule has 1 aliphatic rings. The van der Waals surface area contributed by atoms with Gasteiger partial charge in [0, 0.05) is 0 Å². The molecule has 0 saturated heterocycles. The Morgan fingerprint density at radius 2 is 2.36 bits per heavy atom. The van der Waals surface area contributed by atoms with Crippen LogP contribution in [0.3, 0.4) is 0 Å². The second kappa shape index (κ2) is 3.53. The van der Waals surface area contributed by atoms with Crippen LogP contribution in [0, 0.1) is 0 Å². The first-order valence-corrected chi connectivity index (χ1v) is 3.89. The van der Waals surface area contributed by atoms with E-state index in [0.29, 0.717) is 0 Å². The first-order chi connectivity index (χ1) is 5.22. The lowest BCUT2D eigenvalue weighted by Gasteiger charge is -2.15. The van der Waals surface area contributed by atoms with Crippen LogP contribution in [0.15, 0.2) is 11.6 Å². The average Bonchev–Trinajstić information content (AvgIpc) is 2.05. The molecule has 3 heteroatoms. The summed E-state index contributed by atoms with van der Waals surface area (Å²) in [6.07, 6.45) is 6.04. The van der Waals surface area contributed by atoms with Crippen LogP contribution < -0.4 is 5.73 Å². The van der Waals surface area contributed by atoms with Crippen molar-refractivity contribution in [3.8, 4) is 0 Å². The van der Waals surface area contributed by atoms with E-state index in [1.165, 1.54) is 0 Å². The van der Waals surface area contributed by atoms with Crippen molar-refractivity contribution in [3.05, 3.63) is 11.6 Å². The molecule has 0 amide bonds. The number of allylic oxidation sites excluding steroid dienone is 1. The minimum Gasteiger partial charge on any atom is -0.480 e. The van der Waals surface area contributed by atoms with Crippen LogP contribution in [0.4, 0.5) is 0 Å². The Labute approximate surface area is 65.9 Å². The number of carboxylic acid groups (broad SMARTS) is 1. The molecule has 0 aromatic rings. The van der Waals surface area contributed by atoms with E-state index in [2.05, 4.69) is 0 Å². The second-order valence-electron chi connectivity index (χ2n) is 2.84. The topological polar surface area (TPSA) is 63.3 Å². The highest BCUT2D eigenvalue weighted by atomic mass is 16.4. The molecule has 62 valence electrons. The second-order valence-corrected chi connectivity index (χ2v) is 2.84. The summed E-state index contributed by atoms with van der Waals surface area (Å²) < 4.78 is 0. The number of carbonyl (C=O) groups is 1. The maximum absolute atomic E-state index is 10.4. The van der Waals surface area contributed by atoms with E-state index in [4.69, 9.17) is 10.8 Å². The van der Waals surface area contributed by atoms with Gasteiger partial charge in [0.1, 0.15) is 6.04 Å². The van der Waals surface area contributed by atoms with Gasteiger partial charge in [0.25, 0.3) is 0 Å². The normalized spacial score (nSPS) is 20.6. The van der Waals surface area contributed by atoms with Crippen LogP contribution in [-0.2, 0) is 4.79 Å². The fourth-order valence-corrected chi connectivity index (χ4v) is 1.30. The van der Waals surface area contributed by atoms with Gasteiger partial charge >= 0.3 is 5.97 Å². The van der Waals surface area contributed by atoms with Crippen molar-refractivity contribution in [2.45, 2.75) is 31.7 Å². The molecular formula is C8H13NO2. The van der Waals surface area contributed by atoms with Crippen molar-refractivity contribution in [1.29, 1.82) is 0 Å². The summed E-state index contributed by atoms with van der Waals surface area (Å²) in [6, 6.07) is -0.768. The molecule has 0 spiro atoms. The van der Waals surface area contributed by atoms with Gasteiger partial charge < -0.3 is 10.8 Å².